The Balaban J connectivity index is 1.84. The van der Waals surface area contributed by atoms with Crippen molar-refractivity contribution < 1.29 is 14.2 Å². The number of aliphatic hydroxyl groups is 1. The molecule has 1 aliphatic rings. The van der Waals surface area contributed by atoms with Crippen LogP contribution in [0.15, 0.2) is 23.2 Å². The van der Waals surface area contributed by atoms with Crippen LogP contribution in [0, 0.1) is 5.82 Å². The van der Waals surface area contributed by atoms with Gasteiger partial charge in [-0.25, -0.2) is 4.39 Å². The van der Waals surface area contributed by atoms with E-state index in [0.29, 0.717) is 0 Å². The van der Waals surface area contributed by atoms with Crippen LogP contribution in [0.1, 0.15) is 44.7 Å². The highest BCUT2D eigenvalue weighted by atomic mass is 19.1. The number of halogens is 1. The quantitative estimate of drug-likeness (QED) is 0.367. The maximum Gasteiger partial charge on any atom is 0.191 e. The Morgan fingerprint density at radius 1 is 1.41 bits per heavy atom. The Labute approximate surface area is 161 Å². The highest BCUT2D eigenvalue weighted by Gasteiger charge is 2.16. The molecule has 0 saturated carbocycles. The number of aliphatic hydroxyl groups excluding tert-OH is 1. The fraction of sp³-hybridized carbons (Fsp3) is 0.650. The van der Waals surface area contributed by atoms with Crippen LogP contribution in [0.25, 0.3) is 0 Å². The van der Waals surface area contributed by atoms with Gasteiger partial charge in [-0.15, -0.1) is 0 Å². The third-order valence-corrected chi connectivity index (χ3v) is 4.83. The molecule has 0 bridgehead atoms. The first-order valence-electron chi connectivity index (χ1n) is 9.82. The normalized spacial score (nSPS) is 17.6. The second-order valence-electron chi connectivity index (χ2n) is 6.95. The monoisotopic (exact) mass is 380 g/mol. The van der Waals surface area contributed by atoms with E-state index >= 15 is 0 Å². The van der Waals surface area contributed by atoms with Gasteiger partial charge in [0, 0.05) is 26.2 Å². The van der Waals surface area contributed by atoms with Gasteiger partial charge >= 0.3 is 0 Å². The van der Waals surface area contributed by atoms with E-state index in [1.165, 1.54) is 13.2 Å². The topological polar surface area (TPSA) is 69.1 Å². The van der Waals surface area contributed by atoms with Crippen molar-refractivity contribution in [3.8, 4) is 5.75 Å². The first-order valence-corrected chi connectivity index (χ1v) is 9.82. The zero-order valence-corrected chi connectivity index (χ0v) is 16.7. The van der Waals surface area contributed by atoms with Crippen molar-refractivity contribution >= 4 is 5.96 Å². The standard InChI is InChI=1S/C20H33FN4O2/c1-4-22-20(23-10-5-11-25-12-8-17(26)9-13-25)24-15(2)16-6-7-19(27-3)18(21)14-16/h6-7,14-15,17,26H,4-5,8-13H2,1-3H3,(H2,22,23,24). The van der Waals surface area contributed by atoms with Gasteiger partial charge in [-0.1, -0.05) is 6.07 Å². The summed E-state index contributed by atoms with van der Waals surface area (Å²) >= 11 is 0. The van der Waals surface area contributed by atoms with Gasteiger partial charge in [0.1, 0.15) is 0 Å². The molecule has 6 nitrogen and oxygen atoms in total. The maximum absolute atomic E-state index is 13.9. The van der Waals surface area contributed by atoms with E-state index in [0.717, 1.165) is 63.5 Å². The molecule has 1 unspecified atom stereocenters. The lowest BCUT2D eigenvalue weighted by atomic mass is 10.1. The summed E-state index contributed by atoms with van der Waals surface area (Å²) in [7, 11) is 1.46. The molecule has 0 amide bonds. The number of benzene rings is 1. The van der Waals surface area contributed by atoms with Gasteiger partial charge in [-0.3, -0.25) is 4.99 Å². The molecule has 1 aliphatic heterocycles. The molecule has 0 radical (unpaired) electrons. The molecule has 0 aliphatic carbocycles. The summed E-state index contributed by atoms with van der Waals surface area (Å²) in [5.74, 6) is 0.615. The lowest BCUT2D eigenvalue weighted by Crippen LogP contribution is -2.39. The van der Waals surface area contributed by atoms with Gasteiger partial charge in [0.25, 0.3) is 0 Å². The molecule has 7 heteroatoms. The highest BCUT2D eigenvalue weighted by molar-refractivity contribution is 5.80. The van der Waals surface area contributed by atoms with Crippen LogP contribution in [0.3, 0.4) is 0 Å². The summed E-state index contributed by atoms with van der Waals surface area (Å²) < 4.78 is 18.9. The van der Waals surface area contributed by atoms with E-state index in [2.05, 4.69) is 20.5 Å². The largest absolute Gasteiger partial charge is 0.494 e. The minimum absolute atomic E-state index is 0.0770. The van der Waals surface area contributed by atoms with Gasteiger partial charge in [0.15, 0.2) is 17.5 Å². The van der Waals surface area contributed by atoms with Crippen molar-refractivity contribution in [2.45, 2.75) is 45.3 Å². The third-order valence-electron chi connectivity index (χ3n) is 4.83. The fourth-order valence-corrected chi connectivity index (χ4v) is 3.19. The molecule has 0 aromatic heterocycles. The van der Waals surface area contributed by atoms with Crippen molar-refractivity contribution in [1.29, 1.82) is 0 Å². The number of aliphatic imine (C=N–C) groups is 1. The predicted molar refractivity (Wildman–Crippen MR) is 107 cm³/mol. The van der Waals surface area contributed by atoms with Gasteiger partial charge in [0.2, 0.25) is 0 Å². The van der Waals surface area contributed by atoms with Crippen molar-refractivity contribution in [3.05, 3.63) is 29.6 Å². The number of nitrogens with zero attached hydrogens (tertiary/aromatic N) is 2. The SMILES string of the molecule is CCNC(=NCCCN1CCC(O)CC1)NC(C)c1ccc(OC)c(F)c1. The predicted octanol–water partition coefficient (Wildman–Crippen LogP) is 2.30. The van der Waals surface area contributed by atoms with Crippen LogP contribution < -0.4 is 15.4 Å². The number of likely N-dealkylation sites (tertiary alicyclic amines) is 1. The van der Waals surface area contributed by atoms with Crippen molar-refractivity contribution in [2.75, 3.05) is 39.8 Å². The average molecular weight is 381 g/mol. The van der Waals surface area contributed by atoms with E-state index in [1.54, 1.807) is 6.07 Å². The second-order valence-corrected chi connectivity index (χ2v) is 6.95. The van der Waals surface area contributed by atoms with Crippen molar-refractivity contribution in [1.82, 2.24) is 15.5 Å². The molecule has 152 valence electrons. The van der Waals surface area contributed by atoms with Gasteiger partial charge in [-0.05, 0) is 57.4 Å². The van der Waals surface area contributed by atoms with Crippen LogP contribution in [-0.2, 0) is 0 Å². The van der Waals surface area contributed by atoms with Crippen LogP contribution in [0.4, 0.5) is 4.39 Å². The zero-order chi connectivity index (χ0) is 19.6. The summed E-state index contributed by atoms with van der Waals surface area (Å²) in [6.45, 7) is 8.40. The van der Waals surface area contributed by atoms with E-state index < -0.39 is 0 Å². The number of hydrogen-bond acceptors (Lipinski definition) is 4. The number of piperidine rings is 1. The lowest BCUT2D eigenvalue weighted by Gasteiger charge is -2.29. The highest BCUT2D eigenvalue weighted by Crippen LogP contribution is 2.21. The first kappa shape index (κ1) is 21.4. The Bertz CT molecular complexity index is 604. The Morgan fingerprint density at radius 2 is 2.15 bits per heavy atom. The number of nitrogens with one attached hydrogen (secondary N) is 2. The van der Waals surface area contributed by atoms with Crippen molar-refractivity contribution in [3.63, 3.8) is 0 Å². The number of methoxy groups -OCH3 is 1. The molecule has 1 aromatic carbocycles. The Kier molecular flexibility index (Phi) is 8.81. The molecular weight excluding hydrogens is 347 g/mol. The molecule has 2 rings (SSSR count). The van der Waals surface area contributed by atoms with E-state index in [9.17, 15) is 9.50 Å². The number of hydrogen-bond donors (Lipinski definition) is 3. The minimum Gasteiger partial charge on any atom is -0.494 e. The van der Waals surface area contributed by atoms with Crippen LogP contribution in [0.2, 0.25) is 0 Å². The smallest absolute Gasteiger partial charge is 0.191 e. The van der Waals surface area contributed by atoms with Crippen LogP contribution >= 0.6 is 0 Å². The number of rotatable bonds is 8. The second kappa shape index (κ2) is 11.1. The Hall–Kier alpha value is -1.86. The van der Waals surface area contributed by atoms with Crippen molar-refractivity contribution in [2.24, 2.45) is 4.99 Å². The van der Waals surface area contributed by atoms with Gasteiger partial charge < -0.3 is 25.4 Å². The molecule has 1 aromatic rings. The summed E-state index contributed by atoms with van der Waals surface area (Å²) in [6.07, 6.45) is 2.57. The molecule has 1 saturated heterocycles. The summed E-state index contributed by atoms with van der Waals surface area (Å²) in [4.78, 5) is 7.01. The molecular formula is C20H33FN4O2. The van der Waals surface area contributed by atoms with Crippen LogP contribution in [0.5, 0.6) is 5.75 Å². The maximum atomic E-state index is 13.9. The Morgan fingerprint density at radius 3 is 2.78 bits per heavy atom. The molecule has 1 fully saturated rings. The van der Waals surface area contributed by atoms with Gasteiger partial charge in [-0.2, -0.15) is 0 Å². The number of ether oxygens (including phenoxy) is 1. The zero-order valence-electron chi connectivity index (χ0n) is 16.7. The molecule has 0 spiro atoms. The van der Waals surface area contributed by atoms with E-state index in [4.69, 9.17) is 4.74 Å². The molecule has 27 heavy (non-hydrogen) atoms. The fourth-order valence-electron chi connectivity index (χ4n) is 3.19. The summed E-state index contributed by atoms with van der Waals surface area (Å²) in [5.41, 5.74) is 0.839. The molecule has 1 atom stereocenters. The average Bonchev–Trinajstić information content (AvgIpc) is 2.66. The third kappa shape index (κ3) is 6.99. The first-order chi connectivity index (χ1) is 13.0. The summed E-state index contributed by atoms with van der Waals surface area (Å²) in [5, 5.41) is 16.1. The molecule has 3 N–H and O–H groups in total. The van der Waals surface area contributed by atoms with Gasteiger partial charge in [0.05, 0.1) is 19.3 Å². The summed E-state index contributed by atoms with van der Waals surface area (Å²) in [6, 6.07) is 4.91. The van der Waals surface area contributed by atoms with Crippen LogP contribution in [-0.4, -0.2) is 61.9 Å². The van der Waals surface area contributed by atoms with E-state index in [-0.39, 0.29) is 23.7 Å². The van der Waals surface area contributed by atoms with E-state index in [1.807, 2.05) is 19.9 Å². The number of guanidine groups is 1. The minimum atomic E-state index is -0.364. The molecule has 1 heterocycles. The lowest BCUT2D eigenvalue weighted by molar-refractivity contribution is 0.0824.